The van der Waals surface area contributed by atoms with Crippen LogP contribution in [0.2, 0.25) is 0 Å². The van der Waals surface area contributed by atoms with E-state index in [-0.39, 0.29) is 12.5 Å². The van der Waals surface area contributed by atoms with E-state index in [4.69, 9.17) is 19.6 Å². The number of carbonyl (C=O) groups excluding carboxylic acids is 1. The maximum absolute atomic E-state index is 13.9. The van der Waals surface area contributed by atoms with Crippen molar-refractivity contribution in [3.63, 3.8) is 0 Å². The predicted octanol–water partition coefficient (Wildman–Crippen LogP) is 4.29. The van der Waals surface area contributed by atoms with E-state index in [0.29, 0.717) is 31.1 Å². The monoisotopic (exact) mass is 448 g/mol. The number of likely N-dealkylation sites (tertiary alicyclic amines) is 1. The third kappa shape index (κ3) is 4.96. The number of benzene rings is 2. The quantitative estimate of drug-likeness (QED) is 0.459. The Labute approximate surface area is 195 Å². The SMILES string of the molecule is C=CC[C@@]1(C(=O)N2CCCCC2)N=C(c2ccc(OCCCO)cc2)O[C@@H]1c1ccccc1. The number of nitrogens with zero attached hydrogens (tertiary/aromatic N) is 2. The Morgan fingerprint density at radius 1 is 1.15 bits per heavy atom. The third-order valence-electron chi connectivity index (χ3n) is 6.21. The number of ether oxygens (including phenoxy) is 2. The fourth-order valence-electron chi connectivity index (χ4n) is 4.52. The van der Waals surface area contributed by atoms with Gasteiger partial charge in [0.2, 0.25) is 5.90 Å². The molecule has 2 aromatic carbocycles. The van der Waals surface area contributed by atoms with Gasteiger partial charge in [0.25, 0.3) is 5.91 Å². The summed E-state index contributed by atoms with van der Waals surface area (Å²) >= 11 is 0. The van der Waals surface area contributed by atoms with Crippen LogP contribution in [0.15, 0.2) is 72.2 Å². The molecule has 2 aliphatic rings. The number of rotatable bonds is 9. The molecule has 1 fully saturated rings. The van der Waals surface area contributed by atoms with Crippen LogP contribution < -0.4 is 4.74 Å². The van der Waals surface area contributed by atoms with E-state index in [0.717, 1.165) is 43.5 Å². The Morgan fingerprint density at radius 3 is 2.55 bits per heavy atom. The van der Waals surface area contributed by atoms with Gasteiger partial charge in [0.05, 0.1) is 6.61 Å². The molecular weight excluding hydrogens is 416 g/mol. The molecule has 2 atom stereocenters. The van der Waals surface area contributed by atoms with Gasteiger partial charge in [0, 0.05) is 38.1 Å². The predicted molar refractivity (Wildman–Crippen MR) is 128 cm³/mol. The van der Waals surface area contributed by atoms with Crippen LogP contribution in [-0.2, 0) is 9.53 Å². The summed E-state index contributed by atoms with van der Waals surface area (Å²) in [6.07, 6.45) is 5.40. The lowest BCUT2D eigenvalue weighted by Crippen LogP contribution is -2.51. The number of aliphatic imine (C=N–C) groups is 1. The molecule has 4 rings (SSSR count). The maximum Gasteiger partial charge on any atom is 0.255 e. The first-order chi connectivity index (χ1) is 16.2. The van der Waals surface area contributed by atoms with Crippen molar-refractivity contribution in [2.75, 3.05) is 26.3 Å². The molecule has 2 aromatic rings. The lowest BCUT2D eigenvalue weighted by molar-refractivity contribution is -0.140. The van der Waals surface area contributed by atoms with Crippen LogP contribution in [0.1, 0.15) is 49.3 Å². The van der Waals surface area contributed by atoms with Crippen LogP contribution in [0.4, 0.5) is 0 Å². The minimum Gasteiger partial charge on any atom is -0.494 e. The standard InChI is InChI=1S/C27H32N2O4/c1-2-16-27(26(31)29-17-7-4-8-18-29)24(21-10-5-3-6-11-21)33-25(28-27)22-12-14-23(15-13-22)32-20-9-19-30/h2-3,5-6,10-15,24,30H,1,4,7-9,16-20H2/t24-,27-/m1/s1. The Kier molecular flexibility index (Phi) is 7.45. The highest BCUT2D eigenvalue weighted by molar-refractivity contribution is 6.01. The van der Waals surface area contributed by atoms with Crippen molar-refractivity contribution in [3.8, 4) is 5.75 Å². The molecule has 174 valence electrons. The van der Waals surface area contributed by atoms with Gasteiger partial charge in [-0.05, 0) is 49.1 Å². The van der Waals surface area contributed by atoms with Crippen molar-refractivity contribution < 1.29 is 19.4 Å². The van der Waals surface area contributed by atoms with Crippen molar-refractivity contribution in [2.24, 2.45) is 4.99 Å². The van der Waals surface area contributed by atoms with Crippen LogP contribution in [0, 0.1) is 0 Å². The Balaban J connectivity index is 1.68. The topological polar surface area (TPSA) is 71.4 Å². The molecule has 1 saturated heterocycles. The van der Waals surface area contributed by atoms with Crippen molar-refractivity contribution in [1.29, 1.82) is 0 Å². The molecule has 0 unspecified atom stereocenters. The second kappa shape index (κ2) is 10.7. The number of aliphatic hydroxyl groups excluding tert-OH is 1. The van der Waals surface area contributed by atoms with Gasteiger partial charge >= 0.3 is 0 Å². The normalized spacial score (nSPS) is 22.4. The molecule has 2 heterocycles. The molecule has 6 heteroatoms. The molecule has 33 heavy (non-hydrogen) atoms. The van der Waals surface area contributed by atoms with E-state index in [2.05, 4.69) is 6.58 Å². The van der Waals surface area contributed by atoms with Crippen molar-refractivity contribution in [1.82, 2.24) is 4.90 Å². The highest BCUT2D eigenvalue weighted by Gasteiger charge is 2.54. The first-order valence-corrected chi connectivity index (χ1v) is 11.7. The van der Waals surface area contributed by atoms with Crippen molar-refractivity contribution in [3.05, 3.63) is 78.4 Å². The lowest BCUT2D eigenvalue weighted by Gasteiger charge is -2.36. The molecule has 0 aromatic heterocycles. The average Bonchev–Trinajstić information content (AvgIpc) is 3.26. The number of aliphatic hydroxyl groups is 1. The smallest absolute Gasteiger partial charge is 0.255 e. The molecule has 1 amide bonds. The fraction of sp³-hybridized carbons (Fsp3) is 0.407. The minimum absolute atomic E-state index is 0.00918. The van der Waals surface area contributed by atoms with Gasteiger partial charge in [0.15, 0.2) is 11.6 Å². The van der Waals surface area contributed by atoms with Gasteiger partial charge in [0.1, 0.15) is 5.75 Å². The maximum atomic E-state index is 13.9. The summed E-state index contributed by atoms with van der Waals surface area (Å²) in [6.45, 7) is 6.00. The molecule has 0 aliphatic carbocycles. The third-order valence-corrected chi connectivity index (χ3v) is 6.21. The van der Waals surface area contributed by atoms with Gasteiger partial charge in [-0.3, -0.25) is 4.79 Å². The zero-order valence-electron chi connectivity index (χ0n) is 19.0. The summed E-state index contributed by atoms with van der Waals surface area (Å²) in [7, 11) is 0. The minimum atomic E-state index is -1.08. The van der Waals surface area contributed by atoms with Gasteiger partial charge in [-0.15, -0.1) is 6.58 Å². The van der Waals surface area contributed by atoms with Crippen LogP contribution >= 0.6 is 0 Å². The molecular formula is C27H32N2O4. The largest absolute Gasteiger partial charge is 0.494 e. The van der Waals surface area contributed by atoms with E-state index in [9.17, 15) is 4.79 Å². The summed E-state index contributed by atoms with van der Waals surface area (Å²) < 4.78 is 12.1. The van der Waals surface area contributed by atoms with Crippen molar-refractivity contribution >= 4 is 11.8 Å². The van der Waals surface area contributed by atoms with Crippen LogP contribution in [0.25, 0.3) is 0 Å². The van der Waals surface area contributed by atoms with Gasteiger partial charge in [-0.1, -0.05) is 36.4 Å². The highest BCUT2D eigenvalue weighted by Crippen LogP contribution is 2.44. The molecule has 0 saturated carbocycles. The first kappa shape index (κ1) is 23.1. The molecule has 2 aliphatic heterocycles. The van der Waals surface area contributed by atoms with Gasteiger partial charge in [-0.25, -0.2) is 4.99 Å². The number of hydrogen-bond acceptors (Lipinski definition) is 5. The zero-order chi connectivity index (χ0) is 23.1. The summed E-state index contributed by atoms with van der Waals surface area (Å²) in [5.41, 5.74) is 0.641. The molecule has 0 bridgehead atoms. The average molecular weight is 449 g/mol. The first-order valence-electron chi connectivity index (χ1n) is 11.7. The second-order valence-electron chi connectivity index (χ2n) is 8.55. The van der Waals surface area contributed by atoms with Crippen molar-refractivity contribution in [2.45, 2.75) is 43.7 Å². The molecule has 0 spiro atoms. The highest BCUT2D eigenvalue weighted by atomic mass is 16.5. The summed E-state index contributed by atoms with van der Waals surface area (Å²) in [4.78, 5) is 20.8. The fourth-order valence-corrected chi connectivity index (χ4v) is 4.52. The van der Waals surface area contributed by atoms with E-state index in [1.54, 1.807) is 6.08 Å². The van der Waals surface area contributed by atoms with Crippen LogP contribution in [-0.4, -0.2) is 53.7 Å². The molecule has 0 radical (unpaired) electrons. The van der Waals surface area contributed by atoms with Crippen LogP contribution in [0.5, 0.6) is 5.75 Å². The van der Waals surface area contributed by atoms with Gasteiger partial charge < -0.3 is 19.5 Å². The Morgan fingerprint density at radius 2 is 1.88 bits per heavy atom. The van der Waals surface area contributed by atoms with Crippen LogP contribution in [0.3, 0.4) is 0 Å². The second-order valence-corrected chi connectivity index (χ2v) is 8.55. The lowest BCUT2D eigenvalue weighted by atomic mass is 9.83. The van der Waals surface area contributed by atoms with E-state index in [1.165, 1.54) is 0 Å². The number of carbonyl (C=O) groups is 1. The van der Waals surface area contributed by atoms with E-state index in [1.807, 2.05) is 59.5 Å². The summed E-state index contributed by atoms with van der Waals surface area (Å²) in [5.74, 6) is 1.18. The van der Waals surface area contributed by atoms with Gasteiger partial charge in [-0.2, -0.15) is 0 Å². The number of amides is 1. The Bertz CT molecular complexity index is 967. The molecule has 1 N–H and O–H groups in total. The summed E-state index contributed by atoms with van der Waals surface area (Å²) in [6, 6.07) is 17.3. The summed E-state index contributed by atoms with van der Waals surface area (Å²) in [5, 5.41) is 8.93. The number of hydrogen-bond donors (Lipinski definition) is 1. The Hall–Kier alpha value is -3.12. The molecule has 6 nitrogen and oxygen atoms in total. The number of piperidine rings is 1. The van der Waals surface area contributed by atoms with E-state index < -0.39 is 11.6 Å². The zero-order valence-corrected chi connectivity index (χ0v) is 19.0. The van der Waals surface area contributed by atoms with E-state index >= 15 is 0 Å².